The fraction of sp³-hybridized carbons (Fsp3) is 0.188. The second-order valence-electron chi connectivity index (χ2n) is 4.72. The number of pyridine rings is 1. The van der Waals surface area contributed by atoms with Gasteiger partial charge in [0.25, 0.3) is 5.91 Å². The summed E-state index contributed by atoms with van der Waals surface area (Å²) in [6, 6.07) is 10.2. The van der Waals surface area contributed by atoms with E-state index in [-0.39, 0.29) is 0 Å². The second kappa shape index (κ2) is 7.94. The summed E-state index contributed by atoms with van der Waals surface area (Å²) < 4.78 is 5.51. The van der Waals surface area contributed by atoms with Crippen molar-refractivity contribution in [2.75, 3.05) is 0 Å². The molecule has 0 radical (unpaired) electrons. The number of aromatic nitrogens is 1. The molecule has 5 nitrogen and oxygen atoms in total. The monoisotopic (exact) mass is 351 g/mol. The summed E-state index contributed by atoms with van der Waals surface area (Å²) >= 11 is 11.8. The van der Waals surface area contributed by atoms with Crippen LogP contribution in [0.4, 0.5) is 0 Å². The quantitative estimate of drug-likeness (QED) is 0.659. The zero-order valence-corrected chi connectivity index (χ0v) is 14.1. The SMILES string of the molecule is C/C(=N/NC(=O)[C@@H](C)Oc1ccc(Cl)cc1Cl)c1ccccn1. The maximum atomic E-state index is 12.0. The Labute approximate surface area is 144 Å². The Kier molecular flexibility index (Phi) is 5.96. The molecule has 1 heterocycles. The van der Waals surface area contributed by atoms with Gasteiger partial charge in [-0.3, -0.25) is 9.78 Å². The third-order valence-corrected chi connectivity index (χ3v) is 3.47. The van der Waals surface area contributed by atoms with Crippen LogP contribution in [0.2, 0.25) is 10.0 Å². The molecule has 0 aliphatic heterocycles. The summed E-state index contributed by atoms with van der Waals surface area (Å²) in [5.41, 5.74) is 3.72. The fourth-order valence-electron chi connectivity index (χ4n) is 1.68. The molecule has 1 aromatic carbocycles. The van der Waals surface area contributed by atoms with E-state index in [1.54, 1.807) is 50.4 Å². The lowest BCUT2D eigenvalue weighted by atomic mass is 10.3. The van der Waals surface area contributed by atoms with E-state index in [0.717, 1.165) is 0 Å². The molecule has 1 amide bonds. The number of benzene rings is 1. The third-order valence-electron chi connectivity index (χ3n) is 2.94. The molecule has 0 aliphatic rings. The molecule has 1 atom stereocenters. The van der Waals surface area contributed by atoms with E-state index < -0.39 is 12.0 Å². The molecule has 0 bridgehead atoms. The van der Waals surface area contributed by atoms with Crippen molar-refractivity contribution in [3.8, 4) is 5.75 Å². The van der Waals surface area contributed by atoms with Gasteiger partial charge in [-0.25, -0.2) is 5.43 Å². The van der Waals surface area contributed by atoms with Crippen LogP contribution < -0.4 is 10.2 Å². The summed E-state index contributed by atoms with van der Waals surface area (Å²) in [4.78, 5) is 16.2. The van der Waals surface area contributed by atoms with Crippen molar-refractivity contribution in [2.45, 2.75) is 20.0 Å². The number of ether oxygens (including phenoxy) is 1. The molecule has 2 aromatic rings. The van der Waals surface area contributed by atoms with Crippen LogP contribution in [0.15, 0.2) is 47.7 Å². The number of amides is 1. The van der Waals surface area contributed by atoms with E-state index in [4.69, 9.17) is 27.9 Å². The number of halogens is 2. The van der Waals surface area contributed by atoms with Crippen molar-refractivity contribution in [2.24, 2.45) is 5.10 Å². The molecule has 7 heteroatoms. The number of rotatable bonds is 5. The molecule has 0 spiro atoms. The van der Waals surface area contributed by atoms with E-state index >= 15 is 0 Å². The van der Waals surface area contributed by atoms with Gasteiger partial charge in [-0.15, -0.1) is 0 Å². The van der Waals surface area contributed by atoms with Crippen molar-refractivity contribution >= 4 is 34.8 Å². The summed E-state index contributed by atoms with van der Waals surface area (Å²) in [6.07, 6.45) is 0.888. The third kappa shape index (κ3) is 4.94. The van der Waals surface area contributed by atoms with Crippen molar-refractivity contribution < 1.29 is 9.53 Å². The minimum atomic E-state index is -0.769. The van der Waals surface area contributed by atoms with Gasteiger partial charge >= 0.3 is 0 Å². The van der Waals surface area contributed by atoms with Crippen LogP contribution in [0.5, 0.6) is 5.75 Å². The lowest BCUT2D eigenvalue weighted by Gasteiger charge is -2.14. The smallest absolute Gasteiger partial charge is 0.280 e. The predicted octanol–water partition coefficient (Wildman–Crippen LogP) is 3.70. The van der Waals surface area contributed by atoms with E-state index in [0.29, 0.717) is 27.2 Å². The molecular formula is C16H15Cl2N3O2. The lowest BCUT2D eigenvalue weighted by molar-refractivity contribution is -0.127. The number of hydrazone groups is 1. The van der Waals surface area contributed by atoms with Crippen LogP contribution in [0.25, 0.3) is 0 Å². The van der Waals surface area contributed by atoms with Gasteiger partial charge in [0.05, 0.1) is 16.4 Å². The van der Waals surface area contributed by atoms with Gasteiger partial charge in [0.2, 0.25) is 0 Å². The Balaban J connectivity index is 1.97. The van der Waals surface area contributed by atoms with Gasteiger partial charge < -0.3 is 4.74 Å². The van der Waals surface area contributed by atoms with Crippen LogP contribution in [-0.4, -0.2) is 22.7 Å². The molecule has 0 saturated heterocycles. The average molecular weight is 352 g/mol. The van der Waals surface area contributed by atoms with Gasteiger partial charge in [-0.2, -0.15) is 5.10 Å². The lowest BCUT2D eigenvalue weighted by Crippen LogP contribution is -2.34. The van der Waals surface area contributed by atoms with Crippen LogP contribution >= 0.6 is 23.2 Å². The normalized spacial score (nSPS) is 12.6. The topological polar surface area (TPSA) is 63.6 Å². The number of carbonyl (C=O) groups is 1. The summed E-state index contributed by atoms with van der Waals surface area (Å²) in [5.74, 6) is -0.0181. The fourth-order valence-corrected chi connectivity index (χ4v) is 2.13. The van der Waals surface area contributed by atoms with E-state index in [9.17, 15) is 4.79 Å². The van der Waals surface area contributed by atoms with Crippen molar-refractivity contribution in [3.63, 3.8) is 0 Å². The first-order chi connectivity index (χ1) is 11.0. The number of nitrogens with one attached hydrogen (secondary N) is 1. The Morgan fingerprint density at radius 3 is 2.74 bits per heavy atom. The number of nitrogens with zero attached hydrogens (tertiary/aromatic N) is 2. The van der Waals surface area contributed by atoms with Gasteiger partial charge in [0.1, 0.15) is 5.75 Å². The molecule has 1 N–H and O–H groups in total. The van der Waals surface area contributed by atoms with E-state index in [1.807, 2.05) is 6.07 Å². The highest BCUT2D eigenvalue weighted by molar-refractivity contribution is 6.35. The van der Waals surface area contributed by atoms with Crippen molar-refractivity contribution in [1.29, 1.82) is 0 Å². The molecule has 120 valence electrons. The van der Waals surface area contributed by atoms with Gasteiger partial charge in [0, 0.05) is 11.2 Å². The molecule has 0 unspecified atom stereocenters. The second-order valence-corrected chi connectivity index (χ2v) is 5.57. The molecule has 1 aromatic heterocycles. The maximum absolute atomic E-state index is 12.0. The summed E-state index contributed by atoms with van der Waals surface area (Å²) in [6.45, 7) is 3.36. The first kappa shape index (κ1) is 17.2. The molecule has 2 rings (SSSR count). The molecular weight excluding hydrogens is 337 g/mol. The highest BCUT2D eigenvalue weighted by Crippen LogP contribution is 2.28. The highest BCUT2D eigenvalue weighted by atomic mass is 35.5. The van der Waals surface area contributed by atoms with Crippen molar-refractivity contribution in [1.82, 2.24) is 10.4 Å². The van der Waals surface area contributed by atoms with E-state index in [1.165, 1.54) is 0 Å². The molecule has 0 aliphatic carbocycles. The number of hydrogen-bond donors (Lipinski definition) is 1. The Morgan fingerprint density at radius 1 is 1.30 bits per heavy atom. The van der Waals surface area contributed by atoms with Crippen LogP contribution in [0.3, 0.4) is 0 Å². The largest absolute Gasteiger partial charge is 0.479 e. The molecule has 23 heavy (non-hydrogen) atoms. The predicted molar refractivity (Wildman–Crippen MR) is 91.1 cm³/mol. The van der Waals surface area contributed by atoms with E-state index in [2.05, 4.69) is 15.5 Å². The van der Waals surface area contributed by atoms with Crippen LogP contribution in [0.1, 0.15) is 19.5 Å². The summed E-state index contributed by atoms with van der Waals surface area (Å²) in [7, 11) is 0. The van der Waals surface area contributed by atoms with Gasteiger partial charge in [-0.1, -0.05) is 29.3 Å². The maximum Gasteiger partial charge on any atom is 0.280 e. The molecule has 0 saturated carbocycles. The highest BCUT2D eigenvalue weighted by Gasteiger charge is 2.16. The Morgan fingerprint density at radius 2 is 2.09 bits per heavy atom. The van der Waals surface area contributed by atoms with Crippen molar-refractivity contribution in [3.05, 3.63) is 58.3 Å². The first-order valence-electron chi connectivity index (χ1n) is 6.84. The van der Waals surface area contributed by atoms with Crippen LogP contribution in [0, 0.1) is 0 Å². The number of hydrogen-bond acceptors (Lipinski definition) is 4. The average Bonchev–Trinajstić information content (AvgIpc) is 2.55. The van der Waals surface area contributed by atoms with Crippen LogP contribution in [-0.2, 0) is 4.79 Å². The zero-order valence-electron chi connectivity index (χ0n) is 12.6. The van der Waals surface area contributed by atoms with Gasteiger partial charge in [-0.05, 0) is 44.2 Å². The Bertz CT molecular complexity index is 721. The van der Waals surface area contributed by atoms with Gasteiger partial charge in [0.15, 0.2) is 6.10 Å². The first-order valence-corrected chi connectivity index (χ1v) is 7.60. The minimum Gasteiger partial charge on any atom is -0.479 e. The summed E-state index contributed by atoms with van der Waals surface area (Å²) in [5, 5.41) is 4.85. The number of carbonyl (C=O) groups excluding carboxylic acids is 1. The Hall–Kier alpha value is -2.11. The standard InChI is InChI=1S/C16H15Cl2N3O2/c1-10(14-5-3-4-8-19-14)20-21-16(22)11(2)23-15-7-6-12(17)9-13(15)18/h3-9,11H,1-2H3,(H,21,22)/b20-10-/t11-/m1/s1. The minimum absolute atomic E-state index is 0.338. The molecule has 0 fully saturated rings. The zero-order chi connectivity index (χ0) is 16.8.